The van der Waals surface area contributed by atoms with Crippen LogP contribution in [0.15, 0.2) is 18.2 Å². The van der Waals surface area contributed by atoms with Gasteiger partial charge in [0, 0.05) is 12.1 Å². The minimum atomic E-state index is -1.10. The Labute approximate surface area is 117 Å². The normalized spacial score (nSPS) is 22.0. The second-order valence-electron chi connectivity index (χ2n) is 5.25. The summed E-state index contributed by atoms with van der Waals surface area (Å²) < 4.78 is 0. The maximum atomic E-state index is 12.6. The Bertz CT molecular complexity index is 555. The van der Waals surface area contributed by atoms with Gasteiger partial charge in [0.15, 0.2) is 0 Å². The number of hydrogen-bond donors (Lipinski definition) is 2. The summed E-state index contributed by atoms with van der Waals surface area (Å²) in [4.78, 5) is 25.7. The monoisotopic (exact) mass is 277 g/mol. The highest BCUT2D eigenvalue weighted by molar-refractivity contribution is 5.99. The van der Waals surface area contributed by atoms with Crippen molar-refractivity contribution in [1.29, 1.82) is 0 Å². The lowest BCUT2D eigenvalue weighted by Crippen LogP contribution is -2.52. The molecule has 2 N–H and O–H groups in total. The van der Waals surface area contributed by atoms with E-state index in [1.54, 1.807) is 19.9 Å². The standard InChI is InChI=1S/C15H19NO4/c1-3-15(14(19)20)7-4-8-16(15)13(18)12-6-5-11(17)9-10(12)2/h5-6,9,17H,3-4,7-8H2,1-2H3,(H,19,20). The van der Waals surface area contributed by atoms with Crippen molar-refractivity contribution in [3.05, 3.63) is 29.3 Å². The van der Waals surface area contributed by atoms with Crippen molar-refractivity contribution in [2.24, 2.45) is 0 Å². The van der Waals surface area contributed by atoms with E-state index < -0.39 is 11.5 Å². The molecule has 1 amide bonds. The molecule has 1 atom stereocenters. The van der Waals surface area contributed by atoms with Crippen molar-refractivity contribution in [3.63, 3.8) is 0 Å². The number of phenolic OH excluding ortho intramolecular Hbond substituents is 1. The Kier molecular flexibility index (Phi) is 3.70. The summed E-state index contributed by atoms with van der Waals surface area (Å²) in [5.41, 5.74) is 0.00239. The van der Waals surface area contributed by atoms with Gasteiger partial charge in [-0.25, -0.2) is 4.79 Å². The topological polar surface area (TPSA) is 77.8 Å². The van der Waals surface area contributed by atoms with Crippen molar-refractivity contribution < 1.29 is 19.8 Å². The number of benzene rings is 1. The molecule has 5 nitrogen and oxygen atoms in total. The molecule has 1 fully saturated rings. The number of amides is 1. The molecule has 0 aromatic heterocycles. The number of aromatic hydroxyl groups is 1. The minimum Gasteiger partial charge on any atom is -0.508 e. The smallest absolute Gasteiger partial charge is 0.329 e. The van der Waals surface area contributed by atoms with Gasteiger partial charge < -0.3 is 15.1 Å². The van der Waals surface area contributed by atoms with Crippen LogP contribution in [0.1, 0.15) is 42.1 Å². The summed E-state index contributed by atoms with van der Waals surface area (Å²) in [5.74, 6) is -1.12. The van der Waals surface area contributed by atoms with Crippen LogP contribution < -0.4 is 0 Å². The molecule has 1 saturated heterocycles. The van der Waals surface area contributed by atoms with E-state index in [2.05, 4.69) is 0 Å². The van der Waals surface area contributed by atoms with Crippen LogP contribution in [0.5, 0.6) is 5.75 Å². The number of hydrogen-bond acceptors (Lipinski definition) is 3. The van der Waals surface area contributed by atoms with E-state index in [0.717, 1.165) is 0 Å². The van der Waals surface area contributed by atoms with Crippen LogP contribution in [0.25, 0.3) is 0 Å². The fourth-order valence-electron chi connectivity index (χ4n) is 2.95. The number of nitrogens with zero attached hydrogens (tertiary/aromatic N) is 1. The lowest BCUT2D eigenvalue weighted by molar-refractivity contribution is -0.148. The first-order valence-corrected chi connectivity index (χ1v) is 6.77. The first-order valence-electron chi connectivity index (χ1n) is 6.77. The van der Waals surface area contributed by atoms with E-state index in [9.17, 15) is 19.8 Å². The molecule has 0 bridgehead atoms. The lowest BCUT2D eigenvalue weighted by atomic mass is 9.92. The predicted octanol–water partition coefficient (Wildman–Crippen LogP) is 2.17. The quantitative estimate of drug-likeness (QED) is 0.887. The summed E-state index contributed by atoms with van der Waals surface area (Å²) in [6.45, 7) is 3.99. The summed E-state index contributed by atoms with van der Waals surface area (Å²) in [5, 5.41) is 18.9. The van der Waals surface area contributed by atoms with E-state index >= 15 is 0 Å². The summed E-state index contributed by atoms with van der Waals surface area (Å²) in [6, 6.07) is 4.51. The molecule has 1 unspecified atom stereocenters. The average molecular weight is 277 g/mol. The van der Waals surface area contributed by atoms with Crippen molar-refractivity contribution >= 4 is 11.9 Å². The third-order valence-electron chi connectivity index (χ3n) is 4.16. The van der Waals surface area contributed by atoms with Crippen molar-refractivity contribution in [1.82, 2.24) is 4.90 Å². The molecule has 0 spiro atoms. The maximum absolute atomic E-state index is 12.6. The first-order chi connectivity index (χ1) is 9.42. The molecule has 0 saturated carbocycles. The third-order valence-corrected chi connectivity index (χ3v) is 4.16. The maximum Gasteiger partial charge on any atom is 0.329 e. The number of carbonyl (C=O) groups is 2. The molecular formula is C15H19NO4. The molecule has 20 heavy (non-hydrogen) atoms. The number of phenols is 1. The fourth-order valence-corrected chi connectivity index (χ4v) is 2.95. The van der Waals surface area contributed by atoms with Gasteiger partial charge >= 0.3 is 5.97 Å². The molecule has 0 aliphatic carbocycles. The van der Waals surface area contributed by atoms with Gasteiger partial charge in [-0.05, 0) is 49.9 Å². The van der Waals surface area contributed by atoms with Gasteiger partial charge in [-0.3, -0.25) is 4.79 Å². The fraction of sp³-hybridized carbons (Fsp3) is 0.467. The number of carbonyl (C=O) groups excluding carboxylic acids is 1. The molecule has 1 aliphatic heterocycles. The second-order valence-corrected chi connectivity index (χ2v) is 5.25. The first kappa shape index (κ1) is 14.4. The number of carboxylic acid groups (broad SMARTS) is 1. The van der Waals surface area contributed by atoms with Gasteiger partial charge in [-0.15, -0.1) is 0 Å². The van der Waals surface area contributed by atoms with Crippen LogP contribution in [0.2, 0.25) is 0 Å². The third kappa shape index (κ3) is 2.13. The van der Waals surface area contributed by atoms with Crippen LogP contribution in [0.4, 0.5) is 0 Å². The summed E-state index contributed by atoms with van der Waals surface area (Å²) in [6.07, 6.45) is 1.58. The molecular weight excluding hydrogens is 258 g/mol. The average Bonchev–Trinajstić information content (AvgIpc) is 2.83. The molecule has 1 aromatic rings. The number of aryl methyl sites for hydroxylation is 1. The van der Waals surface area contributed by atoms with Crippen LogP contribution in [-0.4, -0.2) is 39.1 Å². The molecule has 5 heteroatoms. The number of rotatable bonds is 3. The van der Waals surface area contributed by atoms with Gasteiger partial charge in [0.1, 0.15) is 11.3 Å². The zero-order valence-electron chi connectivity index (χ0n) is 11.7. The van der Waals surface area contributed by atoms with Gasteiger partial charge in [-0.1, -0.05) is 6.92 Å². The van der Waals surface area contributed by atoms with E-state index in [0.29, 0.717) is 36.9 Å². The van der Waals surface area contributed by atoms with E-state index in [1.807, 2.05) is 0 Å². The van der Waals surface area contributed by atoms with Crippen LogP contribution in [0.3, 0.4) is 0 Å². The highest BCUT2D eigenvalue weighted by Crippen LogP contribution is 2.34. The van der Waals surface area contributed by atoms with Crippen molar-refractivity contribution in [3.8, 4) is 5.75 Å². The second kappa shape index (κ2) is 5.15. The zero-order valence-corrected chi connectivity index (χ0v) is 11.7. The molecule has 0 radical (unpaired) electrons. The van der Waals surface area contributed by atoms with Gasteiger partial charge in [0.25, 0.3) is 5.91 Å². The summed E-state index contributed by atoms with van der Waals surface area (Å²) in [7, 11) is 0. The van der Waals surface area contributed by atoms with Crippen molar-refractivity contribution in [2.45, 2.75) is 38.6 Å². The molecule has 2 rings (SSSR count). The SMILES string of the molecule is CCC1(C(=O)O)CCCN1C(=O)c1ccc(O)cc1C. The van der Waals surface area contributed by atoms with Crippen LogP contribution in [-0.2, 0) is 4.79 Å². The predicted molar refractivity (Wildman–Crippen MR) is 73.8 cm³/mol. The van der Waals surface area contributed by atoms with E-state index in [-0.39, 0.29) is 11.7 Å². The van der Waals surface area contributed by atoms with Crippen molar-refractivity contribution in [2.75, 3.05) is 6.54 Å². The molecule has 108 valence electrons. The Balaban J connectivity index is 2.39. The number of likely N-dealkylation sites (tertiary alicyclic amines) is 1. The van der Waals surface area contributed by atoms with Gasteiger partial charge in [-0.2, -0.15) is 0 Å². The van der Waals surface area contributed by atoms with Gasteiger partial charge in [0.05, 0.1) is 0 Å². The Morgan fingerprint density at radius 1 is 1.40 bits per heavy atom. The largest absolute Gasteiger partial charge is 0.508 e. The Morgan fingerprint density at radius 2 is 2.10 bits per heavy atom. The van der Waals surface area contributed by atoms with E-state index in [4.69, 9.17) is 0 Å². The van der Waals surface area contributed by atoms with E-state index in [1.165, 1.54) is 17.0 Å². The highest BCUT2D eigenvalue weighted by atomic mass is 16.4. The number of aliphatic carboxylic acids is 1. The lowest BCUT2D eigenvalue weighted by Gasteiger charge is -2.34. The zero-order chi connectivity index (χ0) is 14.9. The Morgan fingerprint density at radius 3 is 2.65 bits per heavy atom. The van der Waals surface area contributed by atoms with Crippen LogP contribution in [0, 0.1) is 6.92 Å². The molecule has 1 aromatic carbocycles. The Hall–Kier alpha value is -2.04. The van der Waals surface area contributed by atoms with Crippen LogP contribution >= 0.6 is 0 Å². The summed E-state index contributed by atoms with van der Waals surface area (Å²) >= 11 is 0. The number of carboxylic acids is 1. The molecule has 1 heterocycles. The minimum absolute atomic E-state index is 0.0976. The van der Waals surface area contributed by atoms with Gasteiger partial charge in [0.2, 0.25) is 0 Å². The molecule has 1 aliphatic rings. The highest BCUT2D eigenvalue weighted by Gasteiger charge is 2.48.